The van der Waals surface area contributed by atoms with Gasteiger partial charge in [-0.3, -0.25) is 4.79 Å². The molecule has 1 aliphatic heterocycles. The van der Waals surface area contributed by atoms with Crippen molar-refractivity contribution in [2.75, 3.05) is 6.54 Å². The van der Waals surface area contributed by atoms with Gasteiger partial charge in [0, 0.05) is 11.4 Å². The summed E-state index contributed by atoms with van der Waals surface area (Å²) in [5, 5.41) is 0.999. The fourth-order valence-corrected chi connectivity index (χ4v) is 3.69. The monoisotopic (exact) mass is 287 g/mol. The molecule has 4 nitrogen and oxygen atoms in total. The first-order valence-corrected chi connectivity index (χ1v) is 6.59. The lowest BCUT2D eigenvalue weighted by molar-refractivity contribution is 0.217. The molecule has 3 rings (SSSR count). The van der Waals surface area contributed by atoms with E-state index in [4.69, 9.17) is 23.2 Å². The molecule has 1 aliphatic rings. The van der Waals surface area contributed by atoms with Crippen LogP contribution in [0.2, 0.25) is 5.15 Å². The number of halogens is 2. The second-order valence-corrected chi connectivity index (χ2v) is 5.54. The van der Waals surface area contributed by atoms with E-state index in [0.29, 0.717) is 18.2 Å². The van der Waals surface area contributed by atoms with Crippen LogP contribution in [0.5, 0.6) is 0 Å². The van der Waals surface area contributed by atoms with E-state index in [9.17, 15) is 4.79 Å². The molecule has 0 spiro atoms. The van der Waals surface area contributed by atoms with Gasteiger partial charge in [0.05, 0.1) is 11.9 Å². The average molecular weight is 288 g/mol. The zero-order valence-corrected chi connectivity index (χ0v) is 10.9. The molecule has 0 saturated carbocycles. The van der Waals surface area contributed by atoms with Crippen LogP contribution < -0.4 is 0 Å². The van der Waals surface area contributed by atoms with Crippen molar-refractivity contribution < 1.29 is 4.79 Å². The molecule has 0 atom stereocenters. The molecule has 3 heterocycles. The highest BCUT2D eigenvalue weighted by Crippen LogP contribution is 2.36. The first kappa shape index (κ1) is 11.2. The maximum atomic E-state index is 11.1. The number of amides is 1. The minimum absolute atomic E-state index is 0.412. The molecule has 88 valence electrons. The maximum Gasteiger partial charge on any atom is 0.316 e. The molecule has 0 fully saturated rings. The summed E-state index contributed by atoms with van der Waals surface area (Å²) in [4.78, 5) is 22.9. The highest BCUT2D eigenvalue weighted by atomic mass is 35.5. The summed E-state index contributed by atoms with van der Waals surface area (Å²) in [6.07, 6.45) is 2.21. The van der Waals surface area contributed by atoms with Gasteiger partial charge in [-0.05, 0) is 23.6 Å². The minimum Gasteiger partial charge on any atom is -0.324 e. The van der Waals surface area contributed by atoms with E-state index in [0.717, 1.165) is 27.1 Å². The van der Waals surface area contributed by atoms with E-state index >= 15 is 0 Å². The van der Waals surface area contributed by atoms with Crippen LogP contribution in [0.25, 0.3) is 10.2 Å². The molecule has 0 aromatic carbocycles. The summed E-state index contributed by atoms with van der Waals surface area (Å²) in [7, 11) is 0. The van der Waals surface area contributed by atoms with Crippen molar-refractivity contribution in [1.29, 1.82) is 0 Å². The second-order valence-electron chi connectivity index (χ2n) is 3.77. The van der Waals surface area contributed by atoms with Crippen molar-refractivity contribution in [3.05, 3.63) is 21.9 Å². The number of fused-ring (bicyclic) bond motifs is 3. The Morgan fingerprint density at radius 3 is 3.06 bits per heavy atom. The summed E-state index contributed by atoms with van der Waals surface area (Å²) < 4.78 is 0. The van der Waals surface area contributed by atoms with Gasteiger partial charge in [0.15, 0.2) is 0 Å². The number of rotatable bonds is 0. The highest BCUT2D eigenvalue weighted by molar-refractivity contribution is 7.19. The number of aromatic nitrogens is 2. The molecular formula is C10H7Cl2N3OS. The van der Waals surface area contributed by atoms with Gasteiger partial charge in [0.25, 0.3) is 0 Å². The lowest BCUT2D eigenvalue weighted by atomic mass is 10.1. The Labute approximate surface area is 111 Å². The largest absolute Gasteiger partial charge is 0.324 e. The van der Waals surface area contributed by atoms with Crippen LogP contribution in [0.1, 0.15) is 10.4 Å². The van der Waals surface area contributed by atoms with E-state index in [-0.39, 0.29) is 0 Å². The van der Waals surface area contributed by atoms with Gasteiger partial charge in [0.2, 0.25) is 0 Å². The van der Waals surface area contributed by atoms with E-state index in [1.165, 1.54) is 6.33 Å². The normalized spacial score (nSPS) is 15.1. The Balaban J connectivity index is 2.14. The average Bonchev–Trinajstić information content (AvgIpc) is 2.67. The first-order valence-electron chi connectivity index (χ1n) is 5.02. The summed E-state index contributed by atoms with van der Waals surface area (Å²) in [6.45, 7) is 1.15. The molecule has 1 amide bonds. The standard InChI is InChI=1S/C10H7Cl2N3OS/c11-8-7-5-1-2-15(10(12)16)3-6(5)17-9(7)14-4-13-8/h4H,1-3H2. The molecule has 0 bridgehead atoms. The third-order valence-electron chi connectivity index (χ3n) is 2.84. The predicted molar refractivity (Wildman–Crippen MR) is 67.8 cm³/mol. The van der Waals surface area contributed by atoms with Gasteiger partial charge < -0.3 is 4.90 Å². The zero-order valence-electron chi connectivity index (χ0n) is 8.61. The SMILES string of the molecule is O=C(Cl)N1CCc2c(sc3ncnc(Cl)c23)C1. The van der Waals surface area contributed by atoms with Crippen LogP contribution in [0.3, 0.4) is 0 Å². The topological polar surface area (TPSA) is 46.1 Å². The fourth-order valence-electron chi connectivity index (χ4n) is 2.04. The molecular weight excluding hydrogens is 281 g/mol. The predicted octanol–water partition coefficient (Wildman–Crippen LogP) is 3.06. The molecule has 0 aliphatic carbocycles. The smallest absolute Gasteiger partial charge is 0.316 e. The molecule has 0 radical (unpaired) electrons. The van der Waals surface area contributed by atoms with Crippen molar-refractivity contribution in [3.8, 4) is 0 Å². The summed E-state index contributed by atoms with van der Waals surface area (Å²) in [5.74, 6) is 0. The Kier molecular flexibility index (Phi) is 2.69. The number of hydrogen-bond donors (Lipinski definition) is 0. The molecule has 17 heavy (non-hydrogen) atoms. The summed E-state index contributed by atoms with van der Waals surface area (Å²) in [6, 6.07) is 0. The number of carbonyl (C=O) groups excluding carboxylic acids is 1. The van der Waals surface area contributed by atoms with Crippen LogP contribution in [0, 0.1) is 0 Å². The van der Waals surface area contributed by atoms with Crippen LogP contribution in [0.4, 0.5) is 4.79 Å². The number of thiophene rings is 1. The Morgan fingerprint density at radius 1 is 1.47 bits per heavy atom. The Bertz CT molecular complexity index is 613. The van der Waals surface area contributed by atoms with Crippen molar-refractivity contribution in [1.82, 2.24) is 14.9 Å². The second kappa shape index (κ2) is 4.08. The van der Waals surface area contributed by atoms with Crippen molar-refractivity contribution in [3.63, 3.8) is 0 Å². The summed E-state index contributed by atoms with van der Waals surface area (Å²) in [5.41, 5.74) is 1.16. The van der Waals surface area contributed by atoms with Gasteiger partial charge in [0.1, 0.15) is 16.3 Å². The van der Waals surface area contributed by atoms with Crippen LogP contribution in [-0.2, 0) is 13.0 Å². The molecule has 2 aromatic heterocycles. The third-order valence-corrected chi connectivity index (χ3v) is 4.49. The molecule has 2 aromatic rings. The van der Waals surface area contributed by atoms with E-state index in [2.05, 4.69) is 9.97 Å². The van der Waals surface area contributed by atoms with Crippen molar-refractivity contribution in [2.24, 2.45) is 0 Å². The van der Waals surface area contributed by atoms with Crippen molar-refractivity contribution in [2.45, 2.75) is 13.0 Å². The quantitative estimate of drug-likeness (QED) is 0.425. The summed E-state index contributed by atoms with van der Waals surface area (Å²) >= 11 is 13.1. The molecule has 0 unspecified atom stereocenters. The van der Waals surface area contributed by atoms with Gasteiger partial charge in [-0.25, -0.2) is 9.97 Å². The fraction of sp³-hybridized carbons (Fsp3) is 0.300. The van der Waals surface area contributed by atoms with E-state index in [1.54, 1.807) is 16.2 Å². The Hall–Kier alpha value is -0.910. The van der Waals surface area contributed by atoms with E-state index in [1.807, 2.05) is 0 Å². The minimum atomic E-state index is -0.412. The van der Waals surface area contributed by atoms with Gasteiger partial charge >= 0.3 is 5.37 Å². The first-order chi connectivity index (χ1) is 8.16. The highest BCUT2D eigenvalue weighted by Gasteiger charge is 2.24. The van der Waals surface area contributed by atoms with Crippen LogP contribution in [0.15, 0.2) is 6.33 Å². The van der Waals surface area contributed by atoms with Gasteiger partial charge in [-0.1, -0.05) is 11.6 Å². The van der Waals surface area contributed by atoms with Crippen LogP contribution in [-0.4, -0.2) is 26.8 Å². The van der Waals surface area contributed by atoms with Crippen LogP contribution >= 0.6 is 34.5 Å². The maximum absolute atomic E-state index is 11.1. The number of nitrogens with zero attached hydrogens (tertiary/aromatic N) is 3. The van der Waals surface area contributed by atoms with Gasteiger partial charge in [-0.15, -0.1) is 11.3 Å². The number of carbonyl (C=O) groups is 1. The molecule has 7 heteroatoms. The van der Waals surface area contributed by atoms with Gasteiger partial charge in [-0.2, -0.15) is 0 Å². The lowest BCUT2D eigenvalue weighted by Crippen LogP contribution is -2.31. The van der Waals surface area contributed by atoms with E-state index < -0.39 is 5.37 Å². The zero-order chi connectivity index (χ0) is 12.0. The molecule has 0 saturated heterocycles. The van der Waals surface area contributed by atoms with Crippen molar-refractivity contribution >= 4 is 50.1 Å². The Morgan fingerprint density at radius 2 is 2.29 bits per heavy atom. The third kappa shape index (κ3) is 1.78. The number of hydrogen-bond acceptors (Lipinski definition) is 4. The molecule has 0 N–H and O–H groups in total. The lowest BCUT2D eigenvalue weighted by Gasteiger charge is -2.24.